The summed E-state index contributed by atoms with van der Waals surface area (Å²) in [6, 6.07) is 25.5. The van der Waals surface area contributed by atoms with Crippen LogP contribution in [0.1, 0.15) is 11.3 Å². The molecule has 2 amide bonds. The van der Waals surface area contributed by atoms with Gasteiger partial charge in [-0.25, -0.2) is 14.3 Å². The van der Waals surface area contributed by atoms with Gasteiger partial charge in [0, 0.05) is 40.1 Å². The molecule has 7 nitrogen and oxygen atoms in total. The Morgan fingerprint density at radius 2 is 1.66 bits per heavy atom. The fraction of sp³-hybridized carbons (Fsp3) is 0.0741. The van der Waals surface area contributed by atoms with E-state index in [1.165, 1.54) is 10.6 Å². The van der Waals surface area contributed by atoms with Gasteiger partial charge in [0.05, 0.1) is 5.69 Å². The molecule has 2 heterocycles. The fourth-order valence-corrected chi connectivity index (χ4v) is 4.06. The third-order valence-electron chi connectivity index (χ3n) is 5.66. The number of H-pyrrole nitrogens is 1. The van der Waals surface area contributed by atoms with Crippen molar-refractivity contribution in [2.24, 2.45) is 0 Å². The molecular weight excluding hydrogens is 462 g/mol. The highest BCUT2D eigenvalue weighted by molar-refractivity contribution is 6.30. The standard InChI is InChI=1S/C27H22ClN5O2/c1-17-25(20-7-11-21(28)12-8-20)26-31-23(15-24(34)33(26)32-17)19-9-13-22(14-10-19)30-27(35)29-16-18-5-3-2-4-6-18/h2-15,32H,16H2,1H3,(H2,29,30,35). The van der Waals surface area contributed by atoms with Gasteiger partial charge in [-0.2, -0.15) is 0 Å². The van der Waals surface area contributed by atoms with Gasteiger partial charge in [-0.05, 0) is 42.3 Å². The molecule has 8 heteroatoms. The summed E-state index contributed by atoms with van der Waals surface area (Å²) < 4.78 is 1.44. The van der Waals surface area contributed by atoms with Crippen LogP contribution in [0.25, 0.3) is 28.0 Å². The van der Waals surface area contributed by atoms with E-state index < -0.39 is 0 Å². The molecule has 0 spiro atoms. The second-order valence-electron chi connectivity index (χ2n) is 8.13. The lowest BCUT2D eigenvalue weighted by Crippen LogP contribution is -2.28. The van der Waals surface area contributed by atoms with E-state index in [0.717, 1.165) is 27.9 Å². The Morgan fingerprint density at radius 1 is 0.971 bits per heavy atom. The molecule has 174 valence electrons. The largest absolute Gasteiger partial charge is 0.334 e. The Bertz CT molecular complexity index is 1560. The number of benzene rings is 3. The first-order valence-electron chi connectivity index (χ1n) is 11.1. The Morgan fingerprint density at radius 3 is 2.37 bits per heavy atom. The number of aromatic amines is 1. The summed E-state index contributed by atoms with van der Waals surface area (Å²) >= 11 is 6.04. The normalized spacial score (nSPS) is 10.9. The number of nitrogens with zero attached hydrogens (tertiary/aromatic N) is 2. The van der Waals surface area contributed by atoms with E-state index in [0.29, 0.717) is 28.6 Å². The molecule has 0 aliphatic rings. The van der Waals surface area contributed by atoms with Gasteiger partial charge in [0.15, 0.2) is 5.65 Å². The maximum atomic E-state index is 12.8. The van der Waals surface area contributed by atoms with E-state index in [1.807, 2.05) is 73.7 Å². The maximum absolute atomic E-state index is 12.8. The third kappa shape index (κ3) is 4.81. The molecule has 3 aromatic carbocycles. The van der Waals surface area contributed by atoms with Gasteiger partial charge in [-0.1, -0.05) is 66.2 Å². The first kappa shape index (κ1) is 22.4. The van der Waals surface area contributed by atoms with Crippen LogP contribution in [0.15, 0.2) is 89.7 Å². The first-order chi connectivity index (χ1) is 17.0. The molecule has 2 aromatic heterocycles. The molecule has 0 unspecified atom stereocenters. The van der Waals surface area contributed by atoms with Crippen LogP contribution in [0.5, 0.6) is 0 Å². The average molecular weight is 484 g/mol. The predicted molar refractivity (Wildman–Crippen MR) is 139 cm³/mol. The summed E-state index contributed by atoms with van der Waals surface area (Å²) in [6.45, 7) is 2.34. The number of hydrogen-bond acceptors (Lipinski definition) is 3. The van der Waals surface area contributed by atoms with E-state index in [1.54, 1.807) is 12.1 Å². The van der Waals surface area contributed by atoms with Gasteiger partial charge in [0.1, 0.15) is 0 Å². The predicted octanol–water partition coefficient (Wildman–Crippen LogP) is 5.64. The number of anilines is 1. The summed E-state index contributed by atoms with van der Waals surface area (Å²) in [5.74, 6) is 0. The van der Waals surface area contributed by atoms with Crippen molar-refractivity contribution < 1.29 is 4.79 Å². The minimum absolute atomic E-state index is 0.212. The van der Waals surface area contributed by atoms with Crippen molar-refractivity contribution in [3.05, 3.63) is 112 Å². The lowest BCUT2D eigenvalue weighted by atomic mass is 10.1. The highest BCUT2D eigenvalue weighted by Crippen LogP contribution is 2.29. The Balaban J connectivity index is 1.38. The van der Waals surface area contributed by atoms with Crippen LogP contribution < -0.4 is 16.2 Å². The van der Waals surface area contributed by atoms with E-state index in [2.05, 4.69) is 15.7 Å². The zero-order valence-corrected chi connectivity index (χ0v) is 19.6. The van der Waals surface area contributed by atoms with Gasteiger partial charge >= 0.3 is 6.03 Å². The number of aryl methyl sites for hydroxylation is 1. The highest BCUT2D eigenvalue weighted by atomic mass is 35.5. The molecule has 0 saturated carbocycles. The molecule has 0 aliphatic carbocycles. The molecule has 0 bridgehead atoms. The molecule has 0 fully saturated rings. The number of carbonyl (C=O) groups excluding carboxylic acids is 1. The third-order valence-corrected chi connectivity index (χ3v) is 5.92. The monoisotopic (exact) mass is 483 g/mol. The van der Waals surface area contributed by atoms with Crippen LogP contribution in [0.4, 0.5) is 10.5 Å². The van der Waals surface area contributed by atoms with E-state index in [9.17, 15) is 9.59 Å². The van der Waals surface area contributed by atoms with Crippen molar-refractivity contribution >= 4 is 29.0 Å². The second kappa shape index (κ2) is 9.48. The molecule has 0 saturated heterocycles. The zero-order chi connectivity index (χ0) is 24.4. The van der Waals surface area contributed by atoms with Crippen LogP contribution in [-0.4, -0.2) is 20.6 Å². The number of aromatic nitrogens is 3. The molecule has 35 heavy (non-hydrogen) atoms. The Kier molecular flexibility index (Phi) is 6.08. The quantitative estimate of drug-likeness (QED) is 0.302. The van der Waals surface area contributed by atoms with Gasteiger partial charge in [-0.15, -0.1) is 0 Å². The number of hydrogen-bond donors (Lipinski definition) is 3. The fourth-order valence-electron chi connectivity index (χ4n) is 3.94. The average Bonchev–Trinajstić information content (AvgIpc) is 3.21. The van der Waals surface area contributed by atoms with Crippen LogP contribution in [0.3, 0.4) is 0 Å². The zero-order valence-electron chi connectivity index (χ0n) is 18.9. The maximum Gasteiger partial charge on any atom is 0.319 e. The topological polar surface area (TPSA) is 91.3 Å². The number of nitrogens with one attached hydrogen (secondary N) is 3. The minimum Gasteiger partial charge on any atom is -0.334 e. The Hall–Kier alpha value is -4.36. The number of amides is 2. The number of halogens is 1. The summed E-state index contributed by atoms with van der Waals surface area (Å²) in [7, 11) is 0. The van der Waals surface area contributed by atoms with Crippen LogP contribution in [0, 0.1) is 6.92 Å². The van der Waals surface area contributed by atoms with Gasteiger partial charge in [0.2, 0.25) is 0 Å². The van der Waals surface area contributed by atoms with Crippen molar-refractivity contribution in [1.82, 2.24) is 19.9 Å². The number of urea groups is 1. The number of fused-ring (bicyclic) bond motifs is 1. The van der Waals surface area contributed by atoms with Crippen molar-refractivity contribution in [3.63, 3.8) is 0 Å². The van der Waals surface area contributed by atoms with Crippen molar-refractivity contribution in [1.29, 1.82) is 0 Å². The van der Waals surface area contributed by atoms with Crippen LogP contribution in [-0.2, 0) is 6.54 Å². The summed E-state index contributed by atoms with van der Waals surface area (Å²) in [5, 5.41) is 9.38. The van der Waals surface area contributed by atoms with E-state index >= 15 is 0 Å². The number of rotatable bonds is 5. The molecule has 0 radical (unpaired) electrons. The molecule has 0 aliphatic heterocycles. The molecule has 5 aromatic rings. The summed E-state index contributed by atoms with van der Waals surface area (Å²) in [5.41, 5.74) is 5.87. The Labute approximate surface area is 206 Å². The molecule has 3 N–H and O–H groups in total. The van der Waals surface area contributed by atoms with Crippen LogP contribution in [0.2, 0.25) is 5.02 Å². The SMILES string of the molecule is Cc1[nH]n2c(=O)cc(-c3ccc(NC(=O)NCc4ccccc4)cc3)nc2c1-c1ccc(Cl)cc1. The van der Waals surface area contributed by atoms with Crippen molar-refractivity contribution in [2.45, 2.75) is 13.5 Å². The number of carbonyl (C=O) groups is 1. The van der Waals surface area contributed by atoms with Gasteiger partial charge in [-0.3, -0.25) is 9.89 Å². The summed E-state index contributed by atoms with van der Waals surface area (Å²) in [6.07, 6.45) is 0. The van der Waals surface area contributed by atoms with Gasteiger partial charge in [0.25, 0.3) is 5.56 Å². The van der Waals surface area contributed by atoms with Gasteiger partial charge < -0.3 is 10.6 Å². The smallest absolute Gasteiger partial charge is 0.319 e. The lowest BCUT2D eigenvalue weighted by molar-refractivity contribution is 0.251. The molecule has 5 rings (SSSR count). The minimum atomic E-state index is -0.296. The lowest BCUT2D eigenvalue weighted by Gasteiger charge is -2.09. The van der Waals surface area contributed by atoms with Crippen molar-refractivity contribution in [2.75, 3.05) is 5.32 Å². The second-order valence-corrected chi connectivity index (χ2v) is 8.56. The molecular formula is C27H22ClN5O2. The summed E-state index contributed by atoms with van der Waals surface area (Å²) in [4.78, 5) is 29.8. The van der Waals surface area contributed by atoms with E-state index in [4.69, 9.17) is 16.6 Å². The molecule has 0 atom stereocenters. The van der Waals surface area contributed by atoms with Crippen LogP contribution >= 0.6 is 11.6 Å². The van der Waals surface area contributed by atoms with E-state index in [-0.39, 0.29) is 11.6 Å². The highest BCUT2D eigenvalue weighted by Gasteiger charge is 2.15. The van der Waals surface area contributed by atoms with Crippen molar-refractivity contribution in [3.8, 4) is 22.4 Å². The first-order valence-corrected chi connectivity index (χ1v) is 11.4.